The number of hydrogen-bond acceptors (Lipinski definition) is 5. The summed E-state index contributed by atoms with van der Waals surface area (Å²) in [7, 11) is 1.69. The third kappa shape index (κ3) is 4.99. The highest BCUT2D eigenvalue weighted by molar-refractivity contribution is 7.13. The van der Waals surface area contributed by atoms with Crippen molar-refractivity contribution in [2.45, 2.75) is 6.42 Å². The first-order valence-corrected chi connectivity index (χ1v) is 7.20. The molecule has 1 aromatic carbocycles. The van der Waals surface area contributed by atoms with Crippen LogP contribution in [0.2, 0.25) is 0 Å². The van der Waals surface area contributed by atoms with Gasteiger partial charge in [-0.3, -0.25) is 5.32 Å². The normalized spacial score (nSPS) is 10.2. The van der Waals surface area contributed by atoms with Gasteiger partial charge in [0.05, 0.1) is 6.61 Å². The Morgan fingerprint density at radius 2 is 2.19 bits per heavy atom. The Morgan fingerprint density at radius 1 is 1.43 bits per heavy atom. The SMILES string of the molecule is CN(CCCOc1ccc(F)cc1)C(=O)Nc1nncs1. The minimum Gasteiger partial charge on any atom is -0.494 e. The monoisotopic (exact) mass is 310 g/mol. The molecule has 0 atom stereocenters. The van der Waals surface area contributed by atoms with E-state index in [1.54, 1.807) is 24.7 Å². The number of hydrogen-bond donors (Lipinski definition) is 1. The Kier molecular flexibility index (Phi) is 5.44. The average Bonchev–Trinajstić information content (AvgIpc) is 2.98. The van der Waals surface area contributed by atoms with Gasteiger partial charge in [0.15, 0.2) is 0 Å². The maximum atomic E-state index is 12.7. The molecule has 6 nitrogen and oxygen atoms in total. The average molecular weight is 310 g/mol. The number of anilines is 1. The predicted molar refractivity (Wildman–Crippen MR) is 78.1 cm³/mol. The zero-order chi connectivity index (χ0) is 15.1. The van der Waals surface area contributed by atoms with E-state index in [4.69, 9.17) is 4.74 Å². The van der Waals surface area contributed by atoms with Gasteiger partial charge in [-0.15, -0.1) is 10.2 Å². The van der Waals surface area contributed by atoms with E-state index in [9.17, 15) is 9.18 Å². The fourth-order valence-electron chi connectivity index (χ4n) is 1.54. The summed E-state index contributed by atoms with van der Waals surface area (Å²) >= 11 is 1.26. The third-order valence-electron chi connectivity index (χ3n) is 2.64. The number of nitrogens with one attached hydrogen (secondary N) is 1. The Bertz CT molecular complexity index is 562. The number of halogens is 1. The minimum absolute atomic E-state index is 0.242. The zero-order valence-electron chi connectivity index (χ0n) is 11.5. The van der Waals surface area contributed by atoms with Crippen LogP contribution >= 0.6 is 11.3 Å². The van der Waals surface area contributed by atoms with Crippen LogP contribution in [0.1, 0.15) is 6.42 Å². The second-order valence-electron chi connectivity index (χ2n) is 4.25. The molecule has 1 aromatic heterocycles. The van der Waals surface area contributed by atoms with Crippen LogP contribution < -0.4 is 10.1 Å². The zero-order valence-corrected chi connectivity index (χ0v) is 12.3. The molecule has 21 heavy (non-hydrogen) atoms. The van der Waals surface area contributed by atoms with E-state index in [0.29, 0.717) is 30.5 Å². The van der Waals surface area contributed by atoms with Crippen molar-refractivity contribution < 1.29 is 13.9 Å². The van der Waals surface area contributed by atoms with E-state index in [1.165, 1.54) is 28.4 Å². The Hall–Kier alpha value is -2.22. The molecule has 1 N–H and O–H groups in total. The van der Waals surface area contributed by atoms with Gasteiger partial charge in [-0.25, -0.2) is 9.18 Å². The highest BCUT2D eigenvalue weighted by Crippen LogP contribution is 2.11. The van der Waals surface area contributed by atoms with Crippen LogP contribution in [0.15, 0.2) is 29.8 Å². The predicted octanol–water partition coefficient (Wildman–Crippen LogP) is 2.61. The maximum Gasteiger partial charge on any atom is 0.323 e. The molecule has 0 spiro atoms. The lowest BCUT2D eigenvalue weighted by Gasteiger charge is -2.16. The van der Waals surface area contributed by atoms with Crippen LogP contribution in [0.4, 0.5) is 14.3 Å². The molecule has 0 saturated heterocycles. The first kappa shape index (κ1) is 15.2. The summed E-state index contributed by atoms with van der Waals surface area (Å²) in [6.07, 6.45) is 0.664. The maximum absolute atomic E-state index is 12.7. The Balaban J connectivity index is 1.65. The summed E-state index contributed by atoms with van der Waals surface area (Å²) in [6, 6.07) is 5.59. The molecular formula is C13H15FN4O2S. The van der Waals surface area contributed by atoms with Crippen LogP contribution in [-0.4, -0.2) is 41.3 Å². The van der Waals surface area contributed by atoms with Gasteiger partial charge in [0.25, 0.3) is 0 Å². The number of nitrogens with zero attached hydrogens (tertiary/aromatic N) is 3. The first-order valence-electron chi connectivity index (χ1n) is 6.32. The Morgan fingerprint density at radius 3 is 2.86 bits per heavy atom. The van der Waals surface area contributed by atoms with Crippen molar-refractivity contribution in [3.8, 4) is 5.75 Å². The van der Waals surface area contributed by atoms with Gasteiger partial charge in [0, 0.05) is 13.6 Å². The standard InChI is InChI=1S/C13H15FN4O2S/c1-18(13(19)16-12-17-15-9-21-12)7-2-8-20-11-5-3-10(14)4-6-11/h3-6,9H,2,7-8H2,1H3,(H,16,17,19). The molecule has 2 aromatic rings. The number of ether oxygens (including phenoxy) is 1. The number of amides is 2. The number of urea groups is 1. The van der Waals surface area contributed by atoms with Crippen LogP contribution in [0.5, 0.6) is 5.75 Å². The third-order valence-corrected chi connectivity index (χ3v) is 3.25. The largest absolute Gasteiger partial charge is 0.494 e. The van der Waals surface area contributed by atoms with Crippen molar-refractivity contribution in [3.63, 3.8) is 0 Å². The number of carbonyl (C=O) groups excluding carboxylic acids is 1. The molecule has 0 fully saturated rings. The minimum atomic E-state index is -0.296. The van der Waals surface area contributed by atoms with Gasteiger partial charge in [-0.05, 0) is 30.7 Å². The summed E-state index contributed by atoms with van der Waals surface area (Å²) in [5.74, 6) is 0.313. The van der Waals surface area contributed by atoms with Crippen LogP contribution in [0, 0.1) is 5.82 Å². The highest BCUT2D eigenvalue weighted by Gasteiger charge is 2.09. The molecule has 1 heterocycles. The summed E-state index contributed by atoms with van der Waals surface area (Å²) in [5, 5.41) is 10.5. The number of rotatable bonds is 6. The van der Waals surface area contributed by atoms with Crippen molar-refractivity contribution in [2.75, 3.05) is 25.5 Å². The second kappa shape index (κ2) is 7.53. The quantitative estimate of drug-likeness (QED) is 0.833. The van der Waals surface area contributed by atoms with Gasteiger partial charge in [-0.1, -0.05) is 11.3 Å². The molecule has 0 bridgehead atoms. The lowest BCUT2D eigenvalue weighted by atomic mass is 10.3. The van der Waals surface area contributed by atoms with Gasteiger partial charge < -0.3 is 9.64 Å². The van der Waals surface area contributed by atoms with Crippen LogP contribution in [0.25, 0.3) is 0 Å². The van der Waals surface area contributed by atoms with E-state index in [2.05, 4.69) is 15.5 Å². The fourth-order valence-corrected chi connectivity index (χ4v) is 1.97. The fraction of sp³-hybridized carbons (Fsp3) is 0.308. The Labute approximate surface area is 125 Å². The van der Waals surface area contributed by atoms with E-state index >= 15 is 0 Å². The second-order valence-corrected chi connectivity index (χ2v) is 5.08. The topological polar surface area (TPSA) is 67.3 Å². The highest BCUT2D eigenvalue weighted by atomic mass is 32.1. The lowest BCUT2D eigenvalue weighted by Crippen LogP contribution is -2.32. The summed E-state index contributed by atoms with van der Waals surface area (Å²) in [6.45, 7) is 0.980. The molecular weight excluding hydrogens is 295 g/mol. The van der Waals surface area contributed by atoms with Crippen LogP contribution in [0.3, 0.4) is 0 Å². The first-order chi connectivity index (χ1) is 10.1. The van der Waals surface area contributed by atoms with Crippen molar-refractivity contribution >= 4 is 22.5 Å². The molecule has 2 amide bonds. The molecule has 0 aliphatic rings. The lowest BCUT2D eigenvalue weighted by molar-refractivity contribution is 0.216. The van der Waals surface area contributed by atoms with E-state index in [0.717, 1.165) is 0 Å². The van der Waals surface area contributed by atoms with Crippen molar-refractivity contribution in [3.05, 3.63) is 35.6 Å². The molecule has 8 heteroatoms. The summed E-state index contributed by atoms with van der Waals surface area (Å²) in [5.41, 5.74) is 1.55. The molecule has 0 aliphatic carbocycles. The summed E-state index contributed by atoms with van der Waals surface area (Å²) < 4.78 is 18.2. The van der Waals surface area contributed by atoms with E-state index in [1.807, 2.05) is 0 Å². The molecule has 112 valence electrons. The van der Waals surface area contributed by atoms with Crippen molar-refractivity contribution in [1.82, 2.24) is 15.1 Å². The number of aromatic nitrogens is 2. The van der Waals surface area contributed by atoms with Crippen LogP contribution in [-0.2, 0) is 0 Å². The summed E-state index contributed by atoms with van der Waals surface area (Å²) in [4.78, 5) is 13.3. The molecule has 0 unspecified atom stereocenters. The van der Waals surface area contributed by atoms with Gasteiger partial charge >= 0.3 is 6.03 Å². The van der Waals surface area contributed by atoms with Crippen molar-refractivity contribution in [2.24, 2.45) is 0 Å². The van der Waals surface area contributed by atoms with Crippen molar-refractivity contribution in [1.29, 1.82) is 0 Å². The molecule has 0 aliphatic heterocycles. The molecule has 0 radical (unpaired) electrons. The smallest absolute Gasteiger partial charge is 0.323 e. The van der Waals surface area contributed by atoms with E-state index in [-0.39, 0.29) is 11.8 Å². The van der Waals surface area contributed by atoms with Gasteiger partial charge in [0.1, 0.15) is 17.1 Å². The molecule has 2 rings (SSSR count). The van der Waals surface area contributed by atoms with Gasteiger partial charge in [0.2, 0.25) is 5.13 Å². The van der Waals surface area contributed by atoms with Gasteiger partial charge in [-0.2, -0.15) is 0 Å². The molecule has 0 saturated carbocycles. The number of benzene rings is 1. The van der Waals surface area contributed by atoms with E-state index < -0.39 is 0 Å². The number of carbonyl (C=O) groups is 1.